The number of anilines is 2. The molecule has 3 aromatic carbocycles. The molecule has 3 aromatic rings. The van der Waals surface area contributed by atoms with Gasteiger partial charge in [-0.25, -0.2) is 34.8 Å². The number of nitrogens with two attached hydrogens (primary N) is 1. The Morgan fingerprint density at radius 2 is 1.08 bits per heavy atom. The molecule has 0 spiro atoms. The summed E-state index contributed by atoms with van der Waals surface area (Å²) in [5.74, 6) is -0.235. The minimum Gasteiger partial charge on any atom is 0 e. The maximum Gasteiger partial charge on any atom is 0 e. The molecule has 0 aliphatic rings. The van der Waals surface area contributed by atoms with Crippen LogP contribution in [0.25, 0.3) is 0 Å². The Hall–Kier alpha value is -2.21. The Balaban J connectivity index is -0.000000144. The van der Waals surface area contributed by atoms with E-state index in [1.807, 2.05) is 13.8 Å². The van der Waals surface area contributed by atoms with Gasteiger partial charge in [-0.3, -0.25) is 9.59 Å². The molecule has 3 rings (SSSR count). The van der Waals surface area contributed by atoms with Crippen LogP contribution in [0.2, 0.25) is 0 Å². The summed E-state index contributed by atoms with van der Waals surface area (Å²) in [7, 11) is 2.22. The van der Waals surface area contributed by atoms with Crippen molar-refractivity contribution in [2.75, 3.05) is 24.7 Å². The Kier molecular flexibility index (Phi) is 28.3. The van der Waals surface area contributed by atoms with Crippen molar-refractivity contribution < 1.29 is 62.3 Å². The monoisotopic (exact) mass is 1040 g/mol. The zero-order chi connectivity index (χ0) is 40.3. The van der Waals surface area contributed by atoms with Gasteiger partial charge in [0.05, 0.1) is 20.4 Å². The molecular weight excluding hydrogens is 983 g/mol. The van der Waals surface area contributed by atoms with Crippen LogP contribution >= 0.6 is 40.0 Å². The minimum atomic E-state index is -3.70. The largest absolute Gasteiger partial charge is 0 e. The molecule has 0 heterocycles. The molecule has 50 heavy (non-hydrogen) atoms. The molecule has 0 atom stereocenters. The van der Waals surface area contributed by atoms with E-state index in [0.29, 0.717) is 29.9 Å². The summed E-state index contributed by atoms with van der Waals surface area (Å²) in [4.78, 5) is 35.3. The maximum atomic E-state index is 11.4. The molecule has 0 aliphatic heterocycles. The summed E-state index contributed by atoms with van der Waals surface area (Å²) in [5, 5.41) is 5.23. The van der Waals surface area contributed by atoms with E-state index in [1.165, 1.54) is 80.8 Å². The first-order valence-electron chi connectivity index (χ1n) is 14.4. The van der Waals surface area contributed by atoms with E-state index >= 15 is 0 Å². The van der Waals surface area contributed by atoms with Crippen LogP contribution in [0.5, 0.6) is 0 Å². The predicted molar refractivity (Wildman–Crippen MR) is 210 cm³/mol. The van der Waals surface area contributed by atoms with Crippen LogP contribution < -0.4 is 39.5 Å². The molecular formula is C29H46Cl2I2N5O9S3-. The molecule has 0 fully saturated rings. The van der Waals surface area contributed by atoms with Gasteiger partial charge in [0.2, 0.25) is 27.9 Å². The number of aliphatic imine (C=N–C) groups is 1. The third kappa shape index (κ3) is 22.6. The second-order valence-corrected chi connectivity index (χ2v) is 15.2. The first-order valence-corrected chi connectivity index (χ1v) is 26.4. The molecule has 0 aliphatic carbocycles. The average Bonchev–Trinajstić information content (AvgIpc) is 3.11. The second kappa shape index (κ2) is 28.4. The summed E-state index contributed by atoms with van der Waals surface area (Å²) in [6.45, 7) is 7.47. The zero-order valence-electron chi connectivity index (χ0n) is 28.8. The van der Waals surface area contributed by atoms with Crippen LogP contribution in [0, 0.1) is 0 Å². The first-order chi connectivity index (χ1) is 23.9. The maximum absolute atomic E-state index is 11.4. The molecule has 21 heteroatoms. The fourth-order valence-corrected chi connectivity index (χ4v) is 5.04. The number of hydrogen-bond donors (Lipinski definition) is 4. The molecule has 14 nitrogen and oxygen atoms in total. The van der Waals surface area contributed by atoms with E-state index in [4.69, 9.17) is 22.0 Å². The van der Waals surface area contributed by atoms with E-state index < -0.39 is 28.1 Å². The van der Waals surface area contributed by atoms with Gasteiger partial charge in [0.15, 0.2) is 0 Å². The smallest absolute Gasteiger partial charge is 0 e. The molecule has 0 aromatic heterocycles. The first kappa shape index (κ1) is 49.9. The van der Waals surface area contributed by atoms with Gasteiger partial charge in [-0.1, -0.05) is 27.7 Å². The number of benzene rings is 3. The third-order valence-electron chi connectivity index (χ3n) is 5.07. The molecule has 0 unspecified atom stereocenters. The van der Waals surface area contributed by atoms with Crippen molar-refractivity contribution >= 4 is 103 Å². The van der Waals surface area contributed by atoms with Crippen molar-refractivity contribution in [3.05, 3.63) is 72.8 Å². The number of sulfonamides is 1. The van der Waals surface area contributed by atoms with Crippen LogP contribution in [0.3, 0.4) is 0 Å². The minimum absolute atomic E-state index is 0. The quantitative estimate of drug-likeness (QED) is 0.106. The summed E-state index contributed by atoms with van der Waals surface area (Å²) in [5.41, 5.74) is 5.96. The Morgan fingerprint density at radius 1 is 0.780 bits per heavy atom. The molecule has 0 radical (unpaired) electrons. The number of isocyanates is 1. The van der Waals surface area contributed by atoms with Gasteiger partial charge in [0, 0.05) is 49.9 Å². The predicted octanol–water partition coefficient (Wildman–Crippen LogP) is 3.45. The normalized spacial score (nSPS) is 10.3. The van der Waals surface area contributed by atoms with Crippen LogP contribution in [0.1, 0.15) is 44.8 Å². The van der Waals surface area contributed by atoms with E-state index in [-0.39, 0.29) is 49.2 Å². The Labute approximate surface area is 331 Å². The van der Waals surface area contributed by atoms with Gasteiger partial charge in [-0.15, -0.1) is 0 Å². The molecule has 0 bridgehead atoms. The molecule has 0 saturated heterocycles. The Morgan fingerprint density at radius 3 is 1.34 bits per heavy atom. The van der Waals surface area contributed by atoms with Crippen molar-refractivity contribution in [3.63, 3.8) is 0 Å². The fourth-order valence-electron chi connectivity index (χ4n) is 2.77. The number of hydrogen-bond acceptors (Lipinski definition) is 11. The van der Waals surface area contributed by atoms with E-state index in [1.54, 1.807) is 26.0 Å². The van der Waals surface area contributed by atoms with Crippen molar-refractivity contribution in [2.24, 2.45) is 10.7 Å². The van der Waals surface area contributed by atoms with Crippen LogP contribution in [-0.2, 0) is 42.5 Å². The number of halogens is 4. The molecule has 0 saturated carbocycles. The number of carbonyl (C=O) groups excluding carboxylic acids is 3. The molecule has 288 valence electrons. The number of carbonyl (C=O) groups is 2. The number of amides is 2. The second-order valence-electron chi connectivity index (χ2n) is 8.13. The number of nitrogens with zero attached hydrogens (tertiary/aromatic N) is 1. The van der Waals surface area contributed by atoms with E-state index in [9.17, 15) is 39.6 Å². The summed E-state index contributed by atoms with van der Waals surface area (Å²) in [6, 6.07) is 16.9. The van der Waals surface area contributed by atoms with Crippen molar-refractivity contribution in [3.8, 4) is 0 Å². The zero-order valence-corrected chi connectivity index (χ0v) is 36.1. The van der Waals surface area contributed by atoms with Crippen molar-refractivity contribution in [2.45, 2.75) is 55.2 Å². The number of rotatable bonds is 9. The standard InChI is InChI=1S/C10H14N2O3S.C9H10ClNO3S.C7H4ClNO3S.C2H6.CH5N.HI2.3H2/c1-3-10(13)12-8-4-6-9(7-5-8)16(14,15)11-2;1-2-9(12)11-7-3-5-8(6-4-7)15(10,13)14;8-13(11,12)7-3-1-6(2-4-7)9-5-10;3*1-2;;;/h4-7,11H,3H2,1-2H3,(H,12,13);3-6H,2H2,1H3,(H,11,12);1-4H;1-2H3;2H2,1H3;1H;3*1H/q;;;;;-1;;;/i;;;;;1D;3*1+2. The SMILES string of the molecule is CC.CCC(=O)Nc1ccc(S(=O)(=O)Cl)cc1.CCC(=O)Nc1ccc(S(=O)(=O)NC)cc1.CN.O=C=Nc1ccc(S(=O)(=O)Cl)cc1.[2H][I-]I.[3HH].[3HH].[3HH]. The molecule has 2 amide bonds. The van der Waals surface area contributed by atoms with Gasteiger partial charge in [0.1, 0.15) is 0 Å². The number of nitrogens with one attached hydrogen (secondary N) is 3. The summed E-state index contributed by atoms with van der Waals surface area (Å²) < 4.78 is 74.6. The van der Waals surface area contributed by atoms with E-state index in [0.717, 1.165) is 0 Å². The van der Waals surface area contributed by atoms with E-state index in [2.05, 4.69) is 44.7 Å². The van der Waals surface area contributed by atoms with Crippen molar-refractivity contribution in [1.29, 1.82) is 0.594 Å². The fraction of sp³-hybridized carbons (Fsp3) is 0.276. The Bertz CT molecular complexity index is 1850. The van der Waals surface area contributed by atoms with Crippen LogP contribution in [-0.4, -0.2) is 57.8 Å². The topological polar surface area (TPSA) is 228 Å². The van der Waals surface area contributed by atoms with Gasteiger partial charge in [-0.2, -0.15) is 4.99 Å². The molecule has 5 N–H and O–H groups in total. The summed E-state index contributed by atoms with van der Waals surface area (Å²) in [6.07, 6.45) is 2.09. The van der Waals surface area contributed by atoms with Gasteiger partial charge < -0.3 is 16.4 Å². The van der Waals surface area contributed by atoms with Crippen LogP contribution in [0.4, 0.5) is 17.1 Å². The van der Waals surface area contributed by atoms with Gasteiger partial charge in [-0.05, 0) is 86.9 Å². The summed E-state index contributed by atoms with van der Waals surface area (Å²) >= 11 is 1.88. The van der Waals surface area contributed by atoms with Gasteiger partial charge in [0.25, 0.3) is 18.1 Å². The third-order valence-corrected chi connectivity index (χ3v) is 9.24. The van der Waals surface area contributed by atoms with Crippen molar-refractivity contribution in [1.82, 2.24) is 4.72 Å². The van der Waals surface area contributed by atoms with Crippen LogP contribution in [0.15, 0.2) is 92.5 Å². The average molecular weight is 1040 g/mol. The van der Waals surface area contributed by atoms with Gasteiger partial charge >= 0.3 is 37.6 Å².